The number of aromatic nitrogens is 2. The summed E-state index contributed by atoms with van der Waals surface area (Å²) < 4.78 is 30.6. The average Bonchev–Trinajstić information content (AvgIpc) is 3.55. The molecule has 3 aromatic rings. The zero-order valence-electron chi connectivity index (χ0n) is 34.5. The standard InChI is InChI=1S/C41H56N7O8PS/c1-10-24-20-41(24,37(51)47-57(8,9)53)46-35(49)32-18-27(21-48(32)36(50)34(40(4,5)6)45-39(52)56-25-13-11-12-14-25)55-33-19-30(31-22-58-38(44-31)42-23(2)3)43-29-17-26(54-7)15-16-28(29)33/h10,15-17,19,22-25,27,32,34H,1,11-14,18,20-21H2,2-9H3,(H,42,44)(H,45,52)(H,46,49)(H,47,51,53)/t24-,27-,32+,34-,41-/m1/s1. The number of likely N-dealkylation sites (tertiary alicyclic amines) is 1. The molecule has 15 nitrogen and oxygen atoms in total. The monoisotopic (exact) mass is 837 g/mol. The summed E-state index contributed by atoms with van der Waals surface area (Å²) in [7, 11) is -1.44. The van der Waals surface area contributed by atoms with Gasteiger partial charge in [-0.1, -0.05) is 26.8 Å². The van der Waals surface area contributed by atoms with E-state index in [1.165, 1.54) is 29.6 Å². The number of alkyl carbamates (subject to hydrolysis) is 1. The second kappa shape index (κ2) is 16.9. The Morgan fingerprint density at radius 3 is 2.41 bits per heavy atom. The molecule has 314 valence electrons. The zero-order valence-corrected chi connectivity index (χ0v) is 36.3. The van der Waals surface area contributed by atoms with Gasteiger partial charge in [0.25, 0.3) is 5.91 Å². The summed E-state index contributed by atoms with van der Waals surface area (Å²) >= 11 is 1.46. The van der Waals surface area contributed by atoms with Gasteiger partial charge in [-0.3, -0.25) is 14.4 Å². The van der Waals surface area contributed by atoms with Gasteiger partial charge in [0.2, 0.25) is 11.8 Å². The normalized spacial score (nSPS) is 22.6. The number of thiazole rings is 1. The lowest BCUT2D eigenvalue weighted by Gasteiger charge is -2.35. The molecular weight excluding hydrogens is 782 g/mol. The lowest BCUT2D eigenvalue weighted by Crippen LogP contribution is -2.59. The largest absolute Gasteiger partial charge is 0.497 e. The first-order valence-electron chi connectivity index (χ1n) is 19.8. The maximum absolute atomic E-state index is 14.8. The van der Waals surface area contributed by atoms with Gasteiger partial charge in [0, 0.05) is 54.6 Å². The number of amides is 4. The summed E-state index contributed by atoms with van der Waals surface area (Å²) in [5, 5.41) is 15.0. The van der Waals surface area contributed by atoms with Crippen LogP contribution in [0, 0.1) is 11.3 Å². The molecule has 0 spiro atoms. The van der Waals surface area contributed by atoms with E-state index in [4.69, 9.17) is 24.2 Å². The van der Waals surface area contributed by atoms with Gasteiger partial charge < -0.3 is 44.7 Å². The number of pyridine rings is 1. The Kier molecular flexibility index (Phi) is 12.5. The topological polar surface area (TPSA) is 190 Å². The SMILES string of the molecule is C=C[C@@H]1C[C@]1(NC(=O)[C@@H]1C[C@@H](Oc2cc(-c3csc(NC(C)C)n3)nc3cc(OC)ccc23)CN1C(=O)[C@@H](NC(=O)OC1CCCC1)C(C)(C)C)C(=O)NP(C)(C)=O. The van der Waals surface area contributed by atoms with Gasteiger partial charge in [0.15, 0.2) is 12.4 Å². The molecule has 3 heterocycles. The summed E-state index contributed by atoms with van der Waals surface area (Å²) in [6, 6.07) is 5.26. The molecule has 6 rings (SSSR count). The second-order valence-corrected chi connectivity index (χ2v) is 21.0. The molecular formula is C41H56N7O8PS. The van der Waals surface area contributed by atoms with Crippen LogP contribution in [0.25, 0.3) is 22.3 Å². The van der Waals surface area contributed by atoms with Gasteiger partial charge in [0.1, 0.15) is 47.0 Å². The van der Waals surface area contributed by atoms with Gasteiger partial charge in [0.05, 0.1) is 24.9 Å². The highest BCUT2D eigenvalue weighted by molar-refractivity contribution is 7.61. The van der Waals surface area contributed by atoms with E-state index in [-0.39, 0.29) is 31.5 Å². The molecule has 3 fully saturated rings. The van der Waals surface area contributed by atoms with Crippen molar-refractivity contribution in [3.05, 3.63) is 42.3 Å². The molecule has 2 aliphatic carbocycles. The number of ether oxygens (including phenoxy) is 3. The third-order valence-electron chi connectivity index (χ3n) is 10.7. The maximum atomic E-state index is 14.8. The van der Waals surface area contributed by atoms with Crippen molar-refractivity contribution in [2.45, 2.75) is 109 Å². The predicted molar refractivity (Wildman–Crippen MR) is 225 cm³/mol. The van der Waals surface area contributed by atoms with E-state index in [0.717, 1.165) is 30.8 Å². The van der Waals surface area contributed by atoms with Crippen LogP contribution in [0.2, 0.25) is 0 Å². The number of nitrogens with one attached hydrogen (secondary N) is 4. The van der Waals surface area contributed by atoms with Crippen LogP contribution in [0.5, 0.6) is 11.5 Å². The predicted octanol–water partition coefficient (Wildman–Crippen LogP) is 6.33. The molecule has 0 radical (unpaired) electrons. The number of hydrogen-bond acceptors (Lipinski definition) is 12. The minimum absolute atomic E-state index is 0.0134. The molecule has 4 N–H and O–H groups in total. The van der Waals surface area contributed by atoms with Crippen molar-refractivity contribution < 1.29 is 38.0 Å². The number of hydrogen-bond donors (Lipinski definition) is 4. The van der Waals surface area contributed by atoms with Gasteiger partial charge in [-0.05, 0) is 63.5 Å². The molecule has 1 saturated heterocycles. The molecule has 1 aromatic carbocycles. The van der Waals surface area contributed by atoms with Crippen LogP contribution in [0.3, 0.4) is 0 Å². The van der Waals surface area contributed by atoms with E-state index in [0.29, 0.717) is 33.8 Å². The molecule has 17 heteroatoms. The third-order valence-corrected chi connectivity index (χ3v) is 12.2. The van der Waals surface area contributed by atoms with Gasteiger partial charge >= 0.3 is 6.09 Å². The van der Waals surface area contributed by atoms with Crippen LogP contribution in [0.1, 0.15) is 73.1 Å². The summed E-state index contributed by atoms with van der Waals surface area (Å²) in [5.41, 5.74) is -0.374. The molecule has 2 saturated carbocycles. The number of benzene rings is 1. The minimum Gasteiger partial charge on any atom is -0.497 e. The molecule has 5 atom stereocenters. The number of carbonyl (C=O) groups is 4. The second-order valence-electron chi connectivity index (χ2n) is 17.3. The van der Waals surface area contributed by atoms with E-state index in [1.54, 1.807) is 31.4 Å². The van der Waals surface area contributed by atoms with E-state index in [2.05, 4.69) is 27.6 Å². The fourth-order valence-corrected chi connectivity index (χ4v) is 9.14. The molecule has 1 aliphatic heterocycles. The fraction of sp³-hybridized carbons (Fsp3) is 0.561. The third kappa shape index (κ3) is 9.77. The Balaban J connectivity index is 1.34. The first-order chi connectivity index (χ1) is 27.3. The van der Waals surface area contributed by atoms with E-state index in [9.17, 15) is 23.7 Å². The van der Waals surface area contributed by atoms with Crippen molar-refractivity contribution in [2.24, 2.45) is 11.3 Å². The Bertz CT molecular complexity index is 2110. The van der Waals surface area contributed by atoms with Crippen LogP contribution < -0.4 is 30.5 Å². The summed E-state index contributed by atoms with van der Waals surface area (Å²) in [6.45, 7) is 16.2. The number of rotatable bonds is 14. The maximum Gasteiger partial charge on any atom is 0.408 e. The van der Waals surface area contributed by atoms with Crippen molar-refractivity contribution in [1.82, 2.24) is 30.6 Å². The van der Waals surface area contributed by atoms with Gasteiger partial charge in [-0.2, -0.15) is 0 Å². The summed E-state index contributed by atoms with van der Waals surface area (Å²) in [4.78, 5) is 67.0. The van der Waals surface area contributed by atoms with Crippen LogP contribution in [0.4, 0.5) is 9.93 Å². The number of methoxy groups -OCH3 is 1. The van der Waals surface area contributed by atoms with Crippen molar-refractivity contribution in [3.63, 3.8) is 0 Å². The van der Waals surface area contributed by atoms with Crippen LogP contribution in [-0.4, -0.2) is 102 Å². The quantitative estimate of drug-likeness (QED) is 0.105. The molecule has 4 amide bonds. The highest BCUT2D eigenvalue weighted by Crippen LogP contribution is 2.47. The first-order valence-corrected chi connectivity index (χ1v) is 23.3. The van der Waals surface area contributed by atoms with Crippen LogP contribution in [-0.2, 0) is 23.7 Å². The lowest BCUT2D eigenvalue weighted by atomic mass is 9.85. The smallest absolute Gasteiger partial charge is 0.408 e. The molecule has 0 unspecified atom stereocenters. The minimum atomic E-state index is -3.02. The van der Waals surface area contributed by atoms with Crippen molar-refractivity contribution in [3.8, 4) is 22.9 Å². The van der Waals surface area contributed by atoms with E-state index in [1.807, 2.05) is 46.1 Å². The Labute approximate surface area is 343 Å². The highest BCUT2D eigenvalue weighted by Gasteiger charge is 2.61. The Morgan fingerprint density at radius 2 is 1.79 bits per heavy atom. The number of nitrogens with zero attached hydrogens (tertiary/aromatic N) is 3. The van der Waals surface area contributed by atoms with Crippen LogP contribution >= 0.6 is 18.6 Å². The molecule has 58 heavy (non-hydrogen) atoms. The van der Waals surface area contributed by atoms with E-state index >= 15 is 0 Å². The number of anilines is 1. The molecule has 3 aliphatic rings. The zero-order chi connectivity index (χ0) is 42.2. The van der Waals surface area contributed by atoms with E-state index < -0.39 is 66.2 Å². The number of fused-ring (bicyclic) bond motifs is 1. The van der Waals surface area contributed by atoms with Crippen molar-refractivity contribution in [2.75, 3.05) is 32.3 Å². The number of carbonyl (C=O) groups excluding carboxylic acids is 4. The van der Waals surface area contributed by atoms with Crippen molar-refractivity contribution in [1.29, 1.82) is 0 Å². The van der Waals surface area contributed by atoms with Crippen molar-refractivity contribution >= 4 is 58.5 Å². The molecule has 0 bridgehead atoms. The lowest BCUT2D eigenvalue weighted by molar-refractivity contribution is -0.143. The fourth-order valence-electron chi connectivity index (χ4n) is 7.60. The van der Waals surface area contributed by atoms with Crippen LogP contribution in [0.15, 0.2) is 42.3 Å². The average molecular weight is 838 g/mol. The highest BCUT2D eigenvalue weighted by atomic mass is 32.1. The van der Waals surface area contributed by atoms with Gasteiger partial charge in [-0.15, -0.1) is 17.9 Å². The Morgan fingerprint density at radius 1 is 1.07 bits per heavy atom. The van der Waals surface area contributed by atoms with Gasteiger partial charge in [-0.25, -0.2) is 14.8 Å². The first kappa shape index (κ1) is 42.9. The summed E-state index contributed by atoms with van der Waals surface area (Å²) in [5.74, 6) is -1.00. The molecule has 2 aromatic heterocycles. The Hall–Kier alpha value is -4.69. The summed E-state index contributed by atoms with van der Waals surface area (Å²) in [6.07, 6.45) is 3.74.